The Morgan fingerprint density at radius 2 is 2.29 bits per heavy atom. The van der Waals surface area contributed by atoms with Gasteiger partial charge in [-0.05, 0) is 19.4 Å². The molecule has 1 spiro atoms. The Kier molecular flexibility index (Phi) is 3.90. The monoisotopic (exact) mass is 312 g/mol. The summed E-state index contributed by atoms with van der Waals surface area (Å²) in [6.45, 7) is 3.73. The lowest BCUT2D eigenvalue weighted by Gasteiger charge is -2.48. The van der Waals surface area contributed by atoms with Crippen molar-refractivity contribution < 1.29 is 17.9 Å². The summed E-state index contributed by atoms with van der Waals surface area (Å²) in [5, 5.41) is 0. The van der Waals surface area contributed by atoms with Gasteiger partial charge in [-0.25, -0.2) is 13.4 Å². The van der Waals surface area contributed by atoms with Crippen LogP contribution in [0.5, 0.6) is 5.88 Å². The van der Waals surface area contributed by atoms with Crippen molar-refractivity contribution in [3.8, 4) is 5.88 Å². The minimum atomic E-state index is -3.12. The Morgan fingerprint density at radius 3 is 2.95 bits per heavy atom. The molecular formula is C14H20N2O4S. The van der Waals surface area contributed by atoms with Gasteiger partial charge in [0.2, 0.25) is 15.9 Å². The van der Waals surface area contributed by atoms with Crippen LogP contribution < -0.4 is 4.74 Å². The summed E-state index contributed by atoms with van der Waals surface area (Å²) in [6.07, 6.45) is 2.59. The lowest BCUT2D eigenvalue weighted by molar-refractivity contribution is -0.107. The van der Waals surface area contributed by atoms with Crippen LogP contribution in [0, 0.1) is 5.92 Å². The van der Waals surface area contributed by atoms with E-state index < -0.39 is 10.0 Å². The van der Waals surface area contributed by atoms with Crippen LogP contribution in [-0.4, -0.2) is 55.4 Å². The second kappa shape index (κ2) is 5.55. The maximum Gasteiger partial charge on any atom is 0.214 e. The molecular weight excluding hydrogens is 292 g/mol. The number of hydrogen-bond acceptors (Lipinski definition) is 5. The Labute approximate surface area is 125 Å². The van der Waals surface area contributed by atoms with Gasteiger partial charge in [0.05, 0.1) is 12.4 Å². The van der Waals surface area contributed by atoms with Gasteiger partial charge in [-0.15, -0.1) is 0 Å². The van der Waals surface area contributed by atoms with E-state index in [-0.39, 0.29) is 17.3 Å². The summed E-state index contributed by atoms with van der Waals surface area (Å²) in [6, 6.07) is 5.53. The zero-order valence-corrected chi connectivity index (χ0v) is 12.9. The summed E-state index contributed by atoms with van der Waals surface area (Å²) < 4.78 is 36.7. The van der Waals surface area contributed by atoms with E-state index in [1.54, 1.807) is 13.1 Å². The van der Waals surface area contributed by atoms with Gasteiger partial charge in [0, 0.05) is 37.9 Å². The minimum Gasteiger partial charge on any atom is -0.477 e. The Bertz CT molecular complexity index is 584. The molecule has 0 aliphatic carbocycles. The van der Waals surface area contributed by atoms with Crippen LogP contribution in [-0.2, 0) is 14.8 Å². The molecule has 116 valence electrons. The van der Waals surface area contributed by atoms with Crippen molar-refractivity contribution in [3.63, 3.8) is 0 Å². The number of pyridine rings is 1. The van der Waals surface area contributed by atoms with Crippen molar-refractivity contribution in [2.75, 3.05) is 32.1 Å². The van der Waals surface area contributed by atoms with Crippen LogP contribution in [0.2, 0.25) is 0 Å². The quantitative estimate of drug-likeness (QED) is 0.808. The number of nitrogens with zero attached hydrogens (tertiary/aromatic N) is 2. The number of aromatic nitrogens is 1. The van der Waals surface area contributed by atoms with Gasteiger partial charge in [-0.3, -0.25) is 0 Å². The lowest BCUT2D eigenvalue weighted by Crippen LogP contribution is -2.66. The highest BCUT2D eigenvalue weighted by Crippen LogP contribution is 2.41. The van der Waals surface area contributed by atoms with Crippen molar-refractivity contribution >= 4 is 10.0 Å². The molecule has 2 fully saturated rings. The molecule has 3 heterocycles. The average Bonchev–Trinajstić information content (AvgIpc) is 2.88. The van der Waals surface area contributed by atoms with Gasteiger partial charge >= 0.3 is 0 Å². The van der Waals surface area contributed by atoms with Crippen LogP contribution in [0.4, 0.5) is 0 Å². The Hall–Kier alpha value is -1.18. The van der Waals surface area contributed by atoms with Gasteiger partial charge in [0.1, 0.15) is 5.60 Å². The molecule has 1 unspecified atom stereocenters. The summed E-state index contributed by atoms with van der Waals surface area (Å²) in [5.41, 5.74) is -0.364. The third kappa shape index (κ3) is 2.77. The molecule has 0 bridgehead atoms. The fraction of sp³-hybridized carbons (Fsp3) is 0.643. The first-order chi connectivity index (χ1) is 10.1. The fourth-order valence-corrected chi connectivity index (χ4v) is 4.11. The van der Waals surface area contributed by atoms with Crippen LogP contribution in [0.25, 0.3) is 0 Å². The van der Waals surface area contributed by atoms with E-state index in [4.69, 9.17) is 9.47 Å². The Morgan fingerprint density at radius 1 is 1.48 bits per heavy atom. The molecule has 21 heavy (non-hydrogen) atoms. The maximum atomic E-state index is 11.8. The standard InChI is InChI=1S/C14H20N2O4S/c1-2-21(17,18)16-10-14(11-16)12(6-8-20-14)9-19-13-5-3-4-7-15-13/h3-5,7,12H,2,6,8-11H2,1H3. The van der Waals surface area contributed by atoms with Gasteiger partial charge < -0.3 is 9.47 Å². The van der Waals surface area contributed by atoms with Crippen molar-refractivity contribution in [1.29, 1.82) is 0 Å². The van der Waals surface area contributed by atoms with Crippen LogP contribution in [0.3, 0.4) is 0 Å². The number of hydrogen-bond donors (Lipinski definition) is 0. The maximum absolute atomic E-state index is 11.8. The molecule has 1 aromatic rings. The summed E-state index contributed by atoms with van der Waals surface area (Å²) >= 11 is 0. The predicted molar refractivity (Wildman–Crippen MR) is 77.6 cm³/mol. The molecule has 0 saturated carbocycles. The number of ether oxygens (including phenoxy) is 2. The van der Waals surface area contributed by atoms with Gasteiger partial charge in [-0.2, -0.15) is 4.31 Å². The molecule has 1 atom stereocenters. The van der Waals surface area contributed by atoms with Crippen LogP contribution >= 0.6 is 0 Å². The summed E-state index contributed by atoms with van der Waals surface area (Å²) in [4.78, 5) is 4.13. The first kappa shape index (κ1) is 14.7. The fourth-order valence-electron chi connectivity index (χ4n) is 2.92. The topological polar surface area (TPSA) is 68.7 Å². The molecule has 7 heteroatoms. The Balaban J connectivity index is 1.60. The molecule has 1 aromatic heterocycles. The van der Waals surface area contributed by atoms with E-state index in [9.17, 15) is 8.42 Å². The highest BCUT2D eigenvalue weighted by Gasteiger charge is 2.56. The van der Waals surface area contributed by atoms with Gasteiger partial charge in [-0.1, -0.05) is 6.07 Å². The third-order valence-electron chi connectivity index (χ3n) is 4.32. The van der Waals surface area contributed by atoms with Crippen molar-refractivity contribution in [1.82, 2.24) is 9.29 Å². The highest BCUT2D eigenvalue weighted by atomic mass is 32.2. The second-order valence-electron chi connectivity index (χ2n) is 5.55. The van der Waals surface area contributed by atoms with E-state index in [1.165, 1.54) is 4.31 Å². The number of rotatable bonds is 5. The predicted octanol–water partition coefficient (Wildman–Crippen LogP) is 0.901. The van der Waals surface area contributed by atoms with Gasteiger partial charge in [0.25, 0.3) is 0 Å². The molecule has 0 amide bonds. The van der Waals surface area contributed by atoms with Crippen LogP contribution in [0.15, 0.2) is 24.4 Å². The average molecular weight is 312 g/mol. The molecule has 2 saturated heterocycles. The second-order valence-corrected chi connectivity index (χ2v) is 7.80. The zero-order chi connectivity index (χ0) is 14.9. The van der Waals surface area contributed by atoms with Crippen molar-refractivity contribution in [2.24, 2.45) is 5.92 Å². The molecule has 3 rings (SSSR count). The SMILES string of the molecule is CCS(=O)(=O)N1CC2(C1)OCCC2COc1ccccn1. The largest absolute Gasteiger partial charge is 0.477 e. The highest BCUT2D eigenvalue weighted by molar-refractivity contribution is 7.89. The molecule has 0 aromatic carbocycles. The van der Waals surface area contributed by atoms with Crippen molar-refractivity contribution in [2.45, 2.75) is 18.9 Å². The molecule has 2 aliphatic heterocycles. The zero-order valence-electron chi connectivity index (χ0n) is 12.1. The minimum absolute atomic E-state index is 0.137. The van der Waals surface area contributed by atoms with E-state index in [0.29, 0.717) is 32.2 Å². The van der Waals surface area contributed by atoms with Gasteiger partial charge in [0.15, 0.2) is 0 Å². The number of sulfonamides is 1. The van der Waals surface area contributed by atoms with Crippen LogP contribution in [0.1, 0.15) is 13.3 Å². The molecule has 6 nitrogen and oxygen atoms in total. The third-order valence-corrected chi connectivity index (χ3v) is 6.09. The molecule has 0 N–H and O–H groups in total. The van der Waals surface area contributed by atoms with E-state index in [0.717, 1.165) is 6.42 Å². The summed E-state index contributed by atoms with van der Waals surface area (Å²) in [7, 11) is -3.12. The summed E-state index contributed by atoms with van der Waals surface area (Å²) in [5.74, 6) is 0.942. The van der Waals surface area contributed by atoms with E-state index >= 15 is 0 Å². The molecule has 2 aliphatic rings. The first-order valence-corrected chi connectivity index (χ1v) is 8.82. The normalized spacial score (nSPS) is 24.9. The lowest BCUT2D eigenvalue weighted by atomic mass is 9.83. The van der Waals surface area contributed by atoms with E-state index in [2.05, 4.69) is 4.98 Å². The first-order valence-electron chi connectivity index (χ1n) is 7.21. The smallest absolute Gasteiger partial charge is 0.214 e. The van der Waals surface area contributed by atoms with Crippen molar-refractivity contribution in [3.05, 3.63) is 24.4 Å². The molecule has 0 radical (unpaired) electrons. The van der Waals surface area contributed by atoms with E-state index in [1.807, 2.05) is 18.2 Å².